The van der Waals surface area contributed by atoms with Crippen molar-refractivity contribution in [3.05, 3.63) is 29.3 Å². The predicted molar refractivity (Wildman–Crippen MR) is 132 cm³/mol. The molecular weight excluding hydrogens is 468 g/mol. The lowest BCUT2D eigenvalue weighted by molar-refractivity contribution is -0.170. The van der Waals surface area contributed by atoms with E-state index in [1.165, 1.54) is 19.0 Å². The second kappa shape index (κ2) is 12.4. The molecule has 0 saturated carbocycles. The van der Waals surface area contributed by atoms with Crippen molar-refractivity contribution in [2.45, 2.75) is 59.8 Å². The van der Waals surface area contributed by atoms with E-state index in [1.807, 2.05) is 34.6 Å². The van der Waals surface area contributed by atoms with E-state index in [0.717, 1.165) is 0 Å². The van der Waals surface area contributed by atoms with E-state index in [9.17, 15) is 19.2 Å². The number of ketones is 1. The maximum atomic E-state index is 13.4. The minimum Gasteiger partial charge on any atom is -0.370 e. The average molecular weight is 507 g/mol. The molecule has 1 aliphatic rings. The summed E-state index contributed by atoms with van der Waals surface area (Å²) in [5.74, 6) is -2.47. The van der Waals surface area contributed by atoms with Crippen molar-refractivity contribution in [2.75, 3.05) is 25.6 Å². The van der Waals surface area contributed by atoms with E-state index in [1.54, 1.807) is 23.8 Å². The van der Waals surface area contributed by atoms with E-state index in [2.05, 4.69) is 10.6 Å². The third-order valence-corrected chi connectivity index (χ3v) is 6.11. The van der Waals surface area contributed by atoms with Gasteiger partial charge in [-0.25, -0.2) is 0 Å². The Morgan fingerprint density at radius 2 is 1.81 bits per heavy atom. The minimum atomic E-state index is -0.800. The van der Waals surface area contributed by atoms with Crippen molar-refractivity contribution in [3.63, 3.8) is 0 Å². The monoisotopic (exact) mass is 506 g/mol. The Kier molecular flexibility index (Phi) is 10.1. The van der Waals surface area contributed by atoms with Crippen LogP contribution < -0.4 is 21.2 Å². The van der Waals surface area contributed by atoms with Crippen LogP contribution in [-0.2, 0) is 30.6 Å². The van der Waals surface area contributed by atoms with Gasteiger partial charge >= 0.3 is 0 Å². The van der Waals surface area contributed by atoms with Gasteiger partial charge in [0, 0.05) is 14.1 Å². The number of ether oxygens (including phenoxy) is 1. The van der Waals surface area contributed by atoms with E-state index in [4.69, 9.17) is 14.8 Å². The number of Topliss-reactive ketones (excluding diaryl/α,β-unsaturated/α-hetero) is 1. The second-order valence-corrected chi connectivity index (χ2v) is 10.5. The average Bonchev–Trinajstić information content (AvgIpc) is 3.03. The highest BCUT2D eigenvalue weighted by Gasteiger charge is 2.37. The molecule has 0 radical (unpaired) electrons. The van der Waals surface area contributed by atoms with Crippen LogP contribution in [0.5, 0.6) is 0 Å². The normalized spacial score (nSPS) is 16.1. The molecule has 3 atom stereocenters. The first-order valence-corrected chi connectivity index (χ1v) is 11.9. The number of hydrogen-bond donors (Lipinski definition) is 4. The number of nitrogens with zero attached hydrogens (tertiary/aromatic N) is 1. The molecule has 0 saturated heterocycles. The van der Waals surface area contributed by atoms with Gasteiger partial charge in [-0.1, -0.05) is 46.3 Å². The highest BCUT2D eigenvalue weighted by atomic mass is 16.8. The fraction of sp³-hybridized carbons (Fsp3) is 0.600. The maximum Gasteiger partial charge on any atom is 0.299 e. The Hall–Kier alpha value is -2.86. The number of anilines is 1. The molecule has 1 aromatic carbocycles. The largest absolute Gasteiger partial charge is 0.370 e. The van der Waals surface area contributed by atoms with E-state index in [-0.39, 0.29) is 30.9 Å². The second-order valence-electron chi connectivity index (χ2n) is 10.5. The van der Waals surface area contributed by atoms with Crippen LogP contribution in [0.15, 0.2) is 18.2 Å². The number of fused-ring (bicyclic) bond motifs is 1. The summed E-state index contributed by atoms with van der Waals surface area (Å²) in [6.07, 6.45) is -0.372. The van der Waals surface area contributed by atoms with Crippen LogP contribution in [0, 0.1) is 17.3 Å². The molecule has 11 nitrogen and oxygen atoms in total. The lowest BCUT2D eigenvalue weighted by Gasteiger charge is -2.33. The van der Waals surface area contributed by atoms with Gasteiger partial charge in [-0.05, 0) is 35.4 Å². The van der Waals surface area contributed by atoms with Gasteiger partial charge < -0.3 is 20.3 Å². The summed E-state index contributed by atoms with van der Waals surface area (Å²) >= 11 is 0. The fourth-order valence-electron chi connectivity index (χ4n) is 4.13. The molecule has 0 bridgehead atoms. The predicted octanol–water partition coefficient (Wildman–Crippen LogP) is 1.58. The molecule has 4 N–H and O–H groups in total. The van der Waals surface area contributed by atoms with Crippen LogP contribution in [0.1, 0.15) is 57.0 Å². The Balaban J connectivity index is 2.27. The lowest BCUT2D eigenvalue weighted by Crippen LogP contribution is -2.55. The van der Waals surface area contributed by atoms with Gasteiger partial charge in [0.1, 0.15) is 6.04 Å². The highest BCUT2D eigenvalue weighted by Crippen LogP contribution is 2.29. The third kappa shape index (κ3) is 7.10. The van der Waals surface area contributed by atoms with E-state index in [0.29, 0.717) is 23.2 Å². The lowest BCUT2D eigenvalue weighted by atomic mass is 9.84. The van der Waals surface area contributed by atoms with Gasteiger partial charge in [0.15, 0.2) is 0 Å². The standard InChI is InChI=1S/C25H38N4O7/c1-14(2)10-17(22(31)27-21(23(32)26-6)25(3,4)5)19(13-36-28-34)35-12-15-8-9-18-16(11-15)20(30)24(33)29(18)7/h8-9,11,14,17,19,21,28,34H,10,12-13H2,1-7H3,(H,26,32)(H,27,31). The van der Waals surface area contributed by atoms with Crippen molar-refractivity contribution in [2.24, 2.45) is 17.3 Å². The summed E-state index contributed by atoms with van der Waals surface area (Å²) < 4.78 is 6.07. The molecule has 3 amide bonds. The Morgan fingerprint density at radius 1 is 1.14 bits per heavy atom. The molecule has 3 unspecified atom stereocenters. The third-order valence-electron chi connectivity index (χ3n) is 6.11. The van der Waals surface area contributed by atoms with Crippen molar-refractivity contribution >= 4 is 29.2 Å². The smallest absolute Gasteiger partial charge is 0.299 e. The molecule has 0 aliphatic carbocycles. The number of carbonyl (C=O) groups is 4. The number of benzene rings is 1. The van der Waals surface area contributed by atoms with Crippen molar-refractivity contribution in [1.29, 1.82) is 0 Å². The number of nitrogens with one attached hydrogen (secondary N) is 3. The van der Waals surface area contributed by atoms with Crippen molar-refractivity contribution < 1.29 is 34.0 Å². The first kappa shape index (κ1) is 29.4. The zero-order chi connectivity index (χ0) is 27.2. The molecule has 2 rings (SSSR count). The first-order chi connectivity index (χ1) is 16.8. The van der Waals surface area contributed by atoms with Gasteiger partial charge in [0.05, 0.1) is 36.5 Å². The summed E-state index contributed by atoms with van der Waals surface area (Å²) in [6.45, 7) is 9.35. The number of rotatable bonds is 12. The van der Waals surface area contributed by atoms with Crippen LogP contribution >= 0.6 is 0 Å². The molecule has 1 heterocycles. The summed E-state index contributed by atoms with van der Waals surface area (Å²) in [7, 11) is 3.05. The summed E-state index contributed by atoms with van der Waals surface area (Å²) in [4.78, 5) is 56.4. The zero-order valence-electron chi connectivity index (χ0n) is 22.0. The zero-order valence-corrected chi connectivity index (χ0v) is 22.0. The Morgan fingerprint density at radius 3 is 2.36 bits per heavy atom. The molecule has 1 aromatic rings. The Bertz CT molecular complexity index is 974. The summed E-state index contributed by atoms with van der Waals surface area (Å²) in [6, 6.07) is 4.23. The summed E-state index contributed by atoms with van der Waals surface area (Å²) in [5, 5.41) is 14.4. The van der Waals surface area contributed by atoms with Crippen LogP contribution in [0.3, 0.4) is 0 Å². The Labute approximate surface area is 211 Å². The molecule has 0 fully saturated rings. The van der Waals surface area contributed by atoms with Crippen LogP contribution in [0.25, 0.3) is 0 Å². The first-order valence-electron chi connectivity index (χ1n) is 11.9. The molecule has 0 spiro atoms. The quantitative estimate of drug-likeness (QED) is 0.247. The van der Waals surface area contributed by atoms with Crippen molar-refractivity contribution in [1.82, 2.24) is 16.3 Å². The van der Waals surface area contributed by atoms with Gasteiger partial charge in [0.2, 0.25) is 11.8 Å². The molecule has 36 heavy (non-hydrogen) atoms. The molecule has 1 aliphatic heterocycles. The summed E-state index contributed by atoms with van der Waals surface area (Å²) in [5.41, 5.74) is 2.53. The maximum absolute atomic E-state index is 13.4. The van der Waals surface area contributed by atoms with E-state index >= 15 is 0 Å². The van der Waals surface area contributed by atoms with E-state index < -0.39 is 35.2 Å². The minimum absolute atomic E-state index is 0.0257. The van der Waals surface area contributed by atoms with Crippen LogP contribution in [-0.4, -0.2) is 61.6 Å². The number of hydrogen-bond acceptors (Lipinski definition) is 8. The molecular formula is C25H38N4O7. The highest BCUT2D eigenvalue weighted by molar-refractivity contribution is 6.52. The SMILES string of the molecule is CNC(=O)C(NC(=O)C(CC(C)C)C(CONO)OCc1ccc2c(c1)C(=O)C(=O)N2C)C(C)(C)C. The molecule has 11 heteroatoms. The fourth-order valence-corrected chi connectivity index (χ4v) is 4.13. The van der Waals surface area contributed by atoms with Gasteiger partial charge in [-0.2, -0.15) is 0 Å². The molecule has 200 valence electrons. The van der Waals surface area contributed by atoms with Crippen LogP contribution in [0.2, 0.25) is 0 Å². The number of amides is 3. The van der Waals surface area contributed by atoms with Gasteiger partial charge in [-0.3, -0.25) is 29.2 Å². The van der Waals surface area contributed by atoms with Gasteiger partial charge in [0.25, 0.3) is 11.7 Å². The van der Waals surface area contributed by atoms with Crippen molar-refractivity contribution in [3.8, 4) is 0 Å². The van der Waals surface area contributed by atoms with Crippen LogP contribution in [0.4, 0.5) is 5.69 Å². The molecule has 0 aromatic heterocycles. The topological polar surface area (TPSA) is 146 Å². The number of likely N-dealkylation sites (N-methyl/N-ethyl adjacent to an activating group) is 2. The number of carbonyl (C=O) groups excluding carboxylic acids is 4. The van der Waals surface area contributed by atoms with Gasteiger partial charge in [-0.15, -0.1) is 0 Å².